The Hall–Kier alpha value is -2.91. The average molecular weight is 411 g/mol. The minimum Gasteiger partial charge on any atom is -0.373 e. The fourth-order valence-electron chi connectivity index (χ4n) is 3.47. The van der Waals surface area contributed by atoms with Crippen molar-refractivity contribution < 1.29 is 8.42 Å². The number of sulfonamides is 1. The summed E-state index contributed by atoms with van der Waals surface area (Å²) in [5.74, 6) is 1.52. The highest BCUT2D eigenvalue weighted by Gasteiger charge is 2.31. The van der Waals surface area contributed by atoms with Gasteiger partial charge in [0.1, 0.15) is 10.7 Å². The lowest BCUT2D eigenvalue weighted by Gasteiger charge is -2.31. The second-order valence-corrected chi connectivity index (χ2v) is 8.80. The van der Waals surface area contributed by atoms with Gasteiger partial charge in [-0.3, -0.25) is 9.97 Å². The third-order valence-corrected chi connectivity index (χ3v) is 6.95. The van der Waals surface area contributed by atoms with Gasteiger partial charge in [-0.25, -0.2) is 18.4 Å². The van der Waals surface area contributed by atoms with E-state index in [0.717, 1.165) is 17.1 Å². The number of nitrogens with zero attached hydrogens (tertiary/aromatic N) is 5. The largest absolute Gasteiger partial charge is 0.373 e. The summed E-state index contributed by atoms with van der Waals surface area (Å²) in [6.07, 6.45) is 7.81. The second kappa shape index (κ2) is 8.22. The molecule has 0 radical (unpaired) electrons. The maximum atomic E-state index is 12.8. The number of nitrogens with one attached hydrogen (secondary N) is 1. The number of pyridine rings is 2. The lowest BCUT2D eigenvalue weighted by Crippen LogP contribution is -2.38. The first-order valence-corrected chi connectivity index (χ1v) is 10.9. The molecule has 1 N–H and O–H groups in total. The molecule has 0 aromatic carbocycles. The molecule has 3 aromatic rings. The van der Waals surface area contributed by atoms with E-state index in [1.54, 1.807) is 30.7 Å². The zero-order valence-corrected chi connectivity index (χ0v) is 16.9. The summed E-state index contributed by atoms with van der Waals surface area (Å²) in [6.45, 7) is 0.895. The highest BCUT2D eigenvalue weighted by Crippen LogP contribution is 2.31. The monoisotopic (exact) mass is 410 g/mol. The molecule has 8 nitrogen and oxygen atoms in total. The van der Waals surface area contributed by atoms with E-state index in [1.165, 1.54) is 10.5 Å². The van der Waals surface area contributed by atoms with Crippen molar-refractivity contribution in [3.05, 3.63) is 60.8 Å². The number of rotatable bonds is 5. The van der Waals surface area contributed by atoms with Gasteiger partial charge in [0.25, 0.3) is 0 Å². The van der Waals surface area contributed by atoms with Crippen molar-refractivity contribution in [2.24, 2.45) is 0 Å². The third-order valence-electron chi connectivity index (χ3n) is 5.07. The van der Waals surface area contributed by atoms with Crippen LogP contribution in [0.5, 0.6) is 0 Å². The number of piperidine rings is 1. The van der Waals surface area contributed by atoms with E-state index in [2.05, 4.69) is 20.3 Å². The molecule has 1 saturated heterocycles. The highest BCUT2D eigenvalue weighted by molar-refractivity contribution is 7.89. The Morgan fingerprint density at radius 1 is 1.03 bits per heavy atom. The second-order valence-electron chi connectivity index (χ2n) is 6.86. The van der Waals surface area contributed by atoms with E-state index >= 15 is 0 Å². The molecule has 0 amide bonds. The fourth-order valence-corrected chi connectivity index (χ4v) is 4.90. The van der Waals surface area contributed by atoms with Gasteiger partial charge in [0.2, 0.25) is 10.0 Å². The minimum atomic E-state index is -3.51. The summed E-state index contributed by atoms with van der Waals surface area (Å²) in [4.78, 5) is 17.6. The summed E-state index contributed by atoms with van der Waals surface area (Å²) in [6, 6.07) is 8.94. The van der Waals surface area contributed by atoms with Crippen LogP contribution in [0.1, 0.15) is 24.5 Å². The van der Waals surface area contributed by atoms with Gasteiger partial charge < -0.3 is 5.32 Å². The lowest BCUT2D eigenvalue weighted by atomic mass is 9.94. The summed E-state index contributed by atoms with van der Waals surface area (Å²) in [7, 11) is -1.69. The molecule has 0 spiro atoms. The minimum absolute atomic E-state index is 0.167. The number of aromatic nitrogens is 4. The van der Waals surface area contributed by atoms with Gasteiger partial charge in [-0.05, 0) is 37.1 Å². The molecular formula is C20H22N6O2S. The first-order valence-electron chi connectivity index (χ1n) is 9.45. The number of anilines is 1. The molecule has 0 bridgehead atoms. The molecule has 9 heteroatoms. The number of hydrogen-bond donors (Lipinski definition) is 1. The van der Waals surface area contributed by atoms with Crippen LogP contribution >= 0.6 is 0 Å². The van der Waals surface area contributed by atoms with Crippen molar-refractivity contribution in [3.8, 4) is 11.4 Å². The van der Waals surface area contributed by atoms with Gasteiger partial charge in [0.05, 0.1) is 0 Å². The third kappa shape index (κ3) is 4.10. The molecule has 0 atom stereocenters. The van der Waals surface area contributed by atoms with E-state index in [9.17, 15) is 8.42 Å². The van der Waals surface area contributed by atoms with Gasteiger partial charge in [-0.15, -0.1) is 0 Å². The van der Waals surface area contributed by atoms with Gasteiger partial charge in [0.15, 0.2) is 5.82 Å². The van der Waals surface area contributed by atoms with E-state index < -0.39 is 10.0 Å². The van der Waals surface area contributed by atoms with Gasteiger partial charge in [0, 0.05) is 68.2 Å². The fraction of sp³-hybridized carbons (Fsp3) is 0.300. The quantitative estimate of drug-likeness (QED) is 0.690. The van der Waals surface area contributed by atoms with Crippen LogP contribution in [0.4, 0.5) is 5.82 Å². The Bertz CT molecular complexity index is 1070. The number of hydrogen-bond acceptors (Lipinski definition) is 7. The topological polar surface area (TPSA) is 101 Å². The van der Waals surface area contributed by atoms with Crippen molar-refractivity contribution in [3.63, 3.8) is 0 Å². The molecular weight excluding hydrogens is 388 g/mol. The Kier molecular flexibility index (Phi) is 5.50. The van der Waals surface area contributed by atoms with Gasteiger partial charge >= 0.3 is 0 Å². The van der Waals surface area contributed by atoms with Crippen LogP contribution in [-0.4, -0.2) is 52.8 Å². The predicted molar refractivity (Wildman–Crippen MR) is 110 cm³/mol. The predicted octanol–water partition coefficient (Wildman–Crippen LogP) is 2.54. The molecule has 29 heavy (non-hydrogen) atoms. The van der Waals surface area contributed by atoms with Crippen LogP contribution in [0.3, 0.4) is 0 Å². The Balaban J connectivity index is 1.54. The van der Waals surface area contributed by atoms with Crippen molar-refractivity contribution >= 4 is 15.8 Å². The zero-order chi connectivity index (χ0) is 20.3. The summed E-state index contributed by atoms with van der Waals surface area (Å²) < 4.78 is 27.2. The Morgan fingerprint density at radius 2 is 1.76 bits per heavy atom. The Morgan fingerprint density at radius 3 is 2.38 bits per heavy atom. The smallest absolute Gasteiger partial charge is 0.244 e. The molecule has 4 rings (SSSR count). The molecule has 1 fully saturated rings. The van der Waals surface area contributed by atoms with Crippen molar-refractivity contribution in [2.75, 3.05) is 25.5 Å². The molecule has 0 saturated carbocycles. The van der Waals surface area contributed by atoms with Crippen LogP contribution in [0.2, 0.25) is 0 Å². The standard InChI is InChI=1S/C20H22N6O2S/c1-21-19-12-18(24-20(25-19)16-4-2-8-22-13-16)15-6-10-26(11-7-15)29(27,28)17-5-3-9-23-14-17/h2-5,8-9,12-15H,6-7,10-11H2,1H3,(H,21,24,25). The summed E-state index contributed by atoms with van der Waals surface area (Å²) in [5.41, 5.74) is 1.77. The van der Waals surface area contributed by atoms with Crippen LogP contribution in [0.15, 0.2) is 60.0 Å². The van der Waals surface area contributed by atoms with Crippen molar-refractivity contribution in [2.45, 2.75) is 23.7 Å². The van der Waals surface area contributed by atoms with E-state index in [1.807, 2.05) is 25.2 Å². The summed E-state index contributed by atoms with van der Waals surface area (Å²) >= 11 is 0. The van der Waals surface area contributed by atoms with E-state index in [4.69, 9.17) is 4.98 Å². The Labute approximate surface area is 170 Å². The van der Waals surface area contributed by atoms with Crippen molar-refractivity contribution in [1.82, 2.24) is 24.2 Å². The van der Waals surface area contributed by atoms with Crippen LogP contribution in [0, 0.1) is 0 Å². The van der Waals surface area contributed by atoms with E-state index in [-0.39, 0.29) is 10.8 Å². The van der Waals surface area contributed by atoms with Crippen LogP contribution in [-0.2, 0) is 10.0 Å². The van der Waals surface area contributed by atoms with Crippen molar-refractivity contribution in [1.29, 1.82) is 0 Å². The normalized spacial score (nSPS) is 15.9. The SMILES string of the molecule is CNc1cc(C2CCN(S(=O)(=O)c3cccnc3)CC2)nc(-c2cccnc2)n1. The summed E-state index contributed by atoms with van der Waals surface area (Å²) in [5, 5.41) is 3.09. The van der Waals surface area contributed by atoms with Crippen LogP contribution in [0.25, 0.3) is 11.4 Å². The maximum Gasteiger partial charge on any atom is 0.244 e. The molecule has 0 unspecified atom stereocenters. The maximum absolute atomic E-state index is 12.8. The van der Waals surface area contributed by atoms with Gasteiger partial charge in [-0.1, -0.05) is 0 Å². The van der Waals surface area contributed by atoms with E-state index in [0.29, 0.717) is 31.8 Å². The molecule has 0 aliphatic carbocycles. The van der Waals surface area contributed by atoms with Crippen LogP contribution < -0.4 is 5.32 Å². The molecule has 4 heterocycles. The average Bonchev–Trinajstić information content (AvgIpc) is 2.80. The van der Waals surface area contributed by atoms with Gasteiger partial charge in [-0.2, -0.15) is 4.31 Å². The molecule has 150 valence electrons. The first-order chi connectivity index (χ1) is 14.1. The lowest BCUT2D eigenvalue weighted by molar-refractivity contribution is 0.316. The first kappa shape index (κ1) is 19.4. The molecule has 3 aromatic heterocycles. The zero-order valence-electron chi connectivity index (χ0n) is 16.1. The molecule has 1 aliphatic heterocycles. The molecule has 1 aliphatic rings. The highest BCUT2D eigenvalue weighted by atomic mass is 32.2.